The summed E-state index contributed by atoms with van der Waals surface area (Å²) in [6.45, 7) is 23.9. The van der Waals surface area contributed by atoms with E-state index in [0.717, 1.165) is 47.1 Å². The number of carbonyl (C=O) groups is 3. The van der Waals surface area contributed by atoms with Gasteiger partial charge in [0.25, 0.3) is 40.1 Å². The van der Waals surface area contributed by atoms with E-state index < -0.39 is 57.8 Å². The van der Waals surface area contributed by atoms with Gasteiger partial charge in [-0.1, -0.05) is 206 Å². The Bertz CT molecular complexity index is 7610. The quantitative estimate of drug-likeness (QED) is 0.0232. The van der Waals surface area contributed by atoms with Gasteiger partial charge in [0, 0.05) is 143 Å². The summed E-state index contributed by atoms with van der Waals surface area (Å²) in [4.78, 5) is 70.6. The van der Waals surface area contributed by atoms with Crippen molar-refractivity contribution in [1.29, 1.82) is 0 Å². The molecule has 0 spiro atoms. The molecule has 142 heavy (non-hydrogen) atoms. The maximum Gasteiger partial charge on any atom is 0.266 e. The topological polar surface area (TPSA) is 378 Å². The van der Waals surface area contributed by atoms with Crippen LogP contribution in [-0.4, -0.2) is 156 Å². The van der Waals surface area contributed by atoms with Gasteiger partial charge in [-0.3, -0.25) is 24.1 Å². The molecule has 16 rings (SSSR count). The number of aliphatic hydroxyl groups excluding tert-OH is 1. The van der Waals surface area contributed by atoms with Crippen LogP contribution in [0.2, 0.25) is 20.1 Å². The molecule has 0 saturated heterocycles. The van der Waals surface area contributed by atoms with Crippen molar-refractivity contribution in [2.45, 2.75) is 153 Å². The van der Waals surface area contributed by atoms with Gasteiger partial charge in [0.05, 0.1) is 68.1 Å². The first-order chi connectivity index (χ1) is 65.0. The summed E-state index contributed by atoms with van der Waals surface area (Å²) in [5.74, 6) is -0.912. The number of anilines is 4. The van der Waals surface area contributed by atoms with Crippen LogP contribution in [0.15, 0.2) is 293 Å². The van der Waals surface area contributed by atoms with Crippen LogP contribution in [0.4, 0.5) is 22.7 Å². The molecule has 31 nitrogen and oxygen atoms in total. The number of fused-ring (bicyclic) bond motifs is 4. The average molecular weight is 2180 g/mol. The number of carbonyl (C=O) groups excluding carboxylic acids is 3. The van der Waals surface area contributed by atoms with Crippen LogP contribution in [0.1, 0.15) is 187 Å². The SMILES string of the molecule is C.C.C.CC(C)(C)c1ccc(S(=O)(=O)Nc2cc(Cl)cnc2C(=O)c2ccc3nccn3c2)cc1.COCN(c1cc(Cl)cnc1Br)S(=O)(=O)c1ccc(C(C)(C)C)cc1.COCN(c1cc(Cl)cnc1C(=O)c1ccc2nccn2c1)S(=O)(=O)c1ccc(C(C)(C)C)cc1.COCN(c1cc(Cl)cnc1C(O)c1ccc2nccn2c1)S(=O)(=O)c1ccc(C(C)(C)C)cc1.Cl.O=Cc1ccc2nccn2c1. The van der Waals surface area contributed by atoms with E-state index in [9.17, 15) is 53.2 Å². The van der Waals surface area contributed by atoms with Gasteiger partial charge in [-0.25, -0.2) is 81.5 Å². The fourth-order valence-electron chi connectivity index (χ4n) is 13.8. The number of pyridine rings is 8. The van der Waals surface area contributed by atoms with Gasteiger partial charge in [0.15, 0.2) is 6.29 Å². The Morgan fingerprint density at radius 1 is 0.408 bits per heavy atom. The number of hydrogen-bond donors (Lipinski definition) is 2. The highest BCUT2D eigenvalue weighted by atomic mass is 79.9. The maximum absolute atomic E-state index is 13.7. The first kappa shape index (κ1) is 115. The number of aromatic nitrogens is 12. The summed E-state index contributed by atoms with van der Waals surface area (Å²) in [6.07, 6.45) is 25.3. The van der Waals surface area contributed by atoms with Crippen LogP contribution >= 0.6 is 74.7 Å². The Kier molecular flexibility index (Phi) is 38.9. The number of ketones is 2. The smallest absolute Gasteiger partial charge is 0.266 e. The Morgan fingerprint density at radius 3 is 1.12 bits per heavy atom. The third kappa shape index (κ3) is 27.5. The monoisotopic (exact) mass is 2170 g/mol. The van der Waals surface area contributed by atoms with E-state index in [1.165, 1.54) is 82.5 Å². The first-order valence-electron chi connectivity index (χ1n) is 42.3. The Morgan fingerprint density at radius 2 is 0.725 bits per heavy atom. The molecule has 0 radical (unpaired) electrons. The lowest BCUT2D eigenvalue weighted by Gasteiger charge is -2.27. The lowest BCUT2D eigenvalue weighted by molar-refractivity contribution is 0.102. The molecule has 16 aromatic rings. The number of aldehydes is 1. The summed E-state index contributed by atoms with van der Waals surface area (Å²) >= 11 is 27.7. The fraction of sp³-hybridized carbons (Fsp3) is 0.257. The zero-order valence-electron chi connectivity index (χ0n) is 78.0. The number of benzene rings is 4. The standard InChI is InChI=1S/C25H27ClN4O4S.C25H25ClN4O4S.C23H21ClN4O3S.C17H20BrClN2O3S.C8H6N2O.3CH4.ClH/c2*1-25(2,3)18-6-8-20(9-7-18)35(32,33)30(16-34-4)21-13-19(26)14-28-23(21)24(31)17-5-10-22-27-11-12-29(22)15-17;1-23(2,3)16-5-7-18(8-6-16)32(30,31)27-19-12-17(24)13-26-21(19)22(29)15-4-9-20-25-10-11-28(20)14-15;1-17(2,3)12-5-7-14(8-6-12)25(22,23)21(11-24-4)15-9-13(19)10-20-16(15)18;11-6-7-1-2-8-9-3-4-10(8)5-7;;;;/h5-15,24,31H,16H2,1-4H3;5-15H,16H2,1-4H3;4-14,27H,1-3H3;5-10H,11H2,1-4H3;1-6H;3*1H4;1H. The van der Waals surface area contributed by atoms with E-state index in [1.54, 1.807) is 197 Å². The van der Waals surface area contributed by atoms with Gasteiger partial charge in [0.1, 0.15) is 64.9 Å². The molecule has 4 aromatic carbocycles. The minimum Gasteiger partial charge on any atom is -0.382 e. The van der Waals surface area contributed by atoms with Crippen molar-refractivity contribution in [3.05, 3.63) is 355 Å². The van der Waals surface area contributed by atoms with Crippen LogP contribution < -0.4 is 17.6 Å². The zero-order chi connectivity index (χ0) is 100. The zero-order valence-corrected chi connectivity index (χ0v) is 86.7. The van der Waals surface area contributed by atoms with Gasteiger partial charge >= 0.3 is 0 Å². The number of hydrogen-bond acceptors (Lipinski definition) is 23. The van der Waals surface area contributed by atoms with Crippen molar-refractivity contribution in [3.63, 3.8) is 0 Å². The van der Waals surface area contributed by atoms with E-state index in [4.69, 9.17) is 60.6 Å². The van der Waals surface area contributed by atoms with Crippen LogP contribution in [0.3, 0.4) is 0 Å². The molecule has 12 aromatic heterocycles. The van der Waals surface area contributed by atoms with Crippen molar-refractivity contribution >= 4 is 178 Å². The number of sulfonamides is 4. The predicted molar refractivity (Wildman–Crippen MR) is 565 cm³/mol. The van der Waals surface area contributed by atoms with E-state index in [-0.39, 0.29) is 145 Å². The summed E-state index contributed by atoms with van der Waals surface area (Å²) in [7, 11) is -11.8. The lowest BCUT2D eigenvalue weighted by atomic mass is 9.87. The molecular formula is C101H112BrCl5N16O15S4. The molecular weight excluding hydrogens is 2060 g/mol. The average Bonchev–Trinajstić information content (AvgIpc) is 0.997. The molecule has 0 aliphatic heterocycles. The van der Waals surface area contributed by atoms with Gasteiger partial charge in [0.2, 0.25) is 11.6 Å². The minimum absolute atomic E-state index is 0. The second kappa shape index (κ2) is 47.9. The number of halogens is 6. The Hall–Kier alpha value is -12.0. The highest BCUT2D eigenvalue weighted by Gasteiger charge is 2.35. The molecule has 41 heteroatoms. The second-order valence-electron chi connectivity index (χ2n) is 35.3. The van der Waals surface area contributed by atoms with Crippen molar-refractivity contribution in [1.82, 2.24) is 57.5 Å². The summed E-state index contributed by atoms with van der Waals surface area (Å²) < 4.78 is 136. The number of methoxy groups -OCH3 is 3. The number of imidazole rings is 4. The largest absolute Gasteiger partial charge is 0.382 e. The molecule has 0 aliphatic carbocycles. The Labute approximate surface area is 863 Å². The van der Waals surface area contributed by atoms with Crippen LogP contribution in [0.5, 0.6) is 0 Å². The number of rotatable bonds is 25. The summed E-state index contributed by atoms with van der Waals surface area (Å²) in [6, 6.07) is 46.3. The van der Waals surface area contributed by atoms with Crippen molar-refractivity contribution < 1.29 is 67.4 Å². The van der Waals surface area contributed by atoms with Crippen LogP contribution in [-0.2, 0) is 76.0 Å². The van der Waals surface area contributed by atoms with E-state index in [1.807, 2.05) is 70.3 Å². The molecule has 12 heterocycles. The Balaban J connectivity index is 0.000000222. The fourth-order valence-corrected chi connectivity index (χ4v) is 20.2. The normalized spacial score (nSPS) is 11.9. The summed E-state index contributed by atoms with van der Waals surface area (Å²) in [5.41, 5.74) is 8.85. The molecule has 752 valence electrons. The minimum atomic E-state index is -4.12. The van der Waals surface area contributed by atoms with Gasteiger partial charge < -0.3 is 36.9 Å². The number of nitrogens with one attached hydrogen (secondary N) is 1. The highest BCUT2D eigenvalue weighted by molar-refractivity contribution is 9.10. The van der Waals surface area contributed by atoms with E-state index >= 15 is 0 Å². The second-order valence-corrected chi connectivity index (χ2v) is 45.1. The number of aliphatic hydroxyl groups is 1. The lowest BCUT2D eigenvalue weighted by Crippen LogP contribution is -2.34. The molecule has 0 bridgehead atoms. The maximum atomic E-state index is 13.7. The molecule has 0 aliphatic rings. The van der Waals surface area contributed by atoms with E-state index in [0.29, 0.717) is 54.5 Å². The van der Waals surface area contributed by atoms with Crippen LogP contribution in [0, 0.1) is 0 Å². The van der Waals surface area contributed by atoms with Gasteiger partial charge in [-0.15, -0.1) is 12.4 Å². The number of nitrogens with zero attached hydrogens (tertiary/aromatic N) is 15. The molecule has 2 N–H and O–H groups in total. The summed E-state index contributed by atoms with van der Waals surface area (Å²) in [5, 5.41) is 12.2. The van der Waals surface area contributed by atoms with Crippen molar-refractivity contribution in [3.8, 4) is 0 Å². The van der Waals surface area contributed by atoms with Crippen LogP contribution in [0.25, 0.3) is 22.6 Å². The first-order valence-corrected chi connectivity index (χ1v) is 50.4. The van der Waals surface area contributed by atoms with E-state index in [2.05, 4.69) is 102 Å². The third-order valence-electron chi connectivity index (χ3n) is 21.4. The number of ether oxygens (including phenoxy) is 3. The van der Waals surface area contributed by atoms with Crippen molar-refractivity contribution in [2.24, 2.45) is 0 Å². The molecule has 0 amide bonds. The molecule has 1 atom stereocenters. The highest BCUT2D eigenvalue weighted by Crippen LogP contribution is 2.39. The predicted octanol–water partition coefficient (Wildman–Crippen LogP) is 22.1. The molecule has 0 fully saturated rings. The van der Waals surface area contributed by atoms with Gasteiger partial charge in [-0.05, 0) is 175 Å². The third-order valence-corrected chi connectivity index (χ3v) is 29.4. The molecule has 1 unspecified atom stereocenters. The van der Waals surface area contributed by atoms with Gasteiger partial charge in [-0.2, -0.15) is 0 Å². The molecule has 0 saturated carbocycles. The van der Waals surface area contributed by atoms with Crippen molar-refractivity contribution in [2.75, 3.05) is 59.2 Å².